The Labute approximate surface area is 207 Å². The summed E-state index contributed by atoms with van der Waals surface area (Å²) < 4.78 is 90.6. The van der Waals surface area contributed by atoms with Gasteiger partial charge in [0.15, 0.2) is 11.5 Å². The van der Waals surface area contributed by atoms with E-state index >= 15 is 0 Å². The molecule has 1 fully saturated rings. The Balaban J connectivity index is 1.90. The van der Waals surface area contributed by atoms with Crippen molar-refractivity contribution in [2.75, 3.05) is 13.7 Å². The number of nitrogens with zero attached hydrogens (tertiary/aromatic N) is 1. The van der Waals surface area contributed by atoms with Crippen molar-refractivity contribution >= 4 is 28.9 Å². The van der Waals surface area contributed by atoms with Crippen molar-refractivity contribution in [3.63, 3.8) is 0 Å². The summed E-state index contributed by atoms with van der Waals surface area (Å²) in [6.07, 6.45) is -6.67. The van der Waals surface area contributed by atoms with E-state index in [4.69, 9.17) is 9.47 Å². The van der Waals surface area contributed by atoms with E-state index < -0.39 is 35.6 Å². The first kappa shape index (κ1) is 27.4. The fourth-order valence-corrected chi connectivity index (χ4v) is 4.00. The number of rotatable bonds is 8. The number of carbonyl (C=O) groups is 1. The molecule has 0 unspecified atom stereocenters. The van der Waals surface area contributed by atoms with Crippen LogP contribution in [0.1, 0.15) is 42.0 Å². The lowest BCUT2D eigenvalue weighted by atomic mass is 10.0. The molecule has 2 aromatic carbocycles. The van der Waals surface area contributed by atoms with Crippen LogP contribution in [0.5, 0.6) is 11.5 Å². The highest BCUT2D eigenvalue weighted by atomic mass is 32.2. The van der Waals surface area contributed by atoms with Gasteiger partial charge in [-0.2, -0.15) is 26.3 Å². The standard InChI is InChI=1S/C24H22F6N2O3S/c1-3-4-9-34-19-10-14(11-20-21(31-2)32-22(33)36-20)5-8-18(19)35-13-15-6-7-16(23(25,26)27)12-17(15)24(28,29)30/h5-8,10-12H,3-4,9,13H2,1-2H3,(H,31,32,33). The minimum absolute atomic E-state index is 0.0775. The number of benzene rings is 2. The van der Waals surface area contributed by atoms with Crippen molar-refractivity contribution in [3.8, 4) is 11.5 Å². The Hall–Kier alpha value is -3.15. The van der Waals surface area contributed by atoms with E-state index in [1.165, 1.54) is 13.1 Å². The highest BCUT2D eigenvalue weighted by molar-refractivity contribution is 8.18. The normalized spacial score (nSPS) is 16.5. The molecule has 1 heterocycles. The number of alkyl halides is 6. The fraction of sp³-hybridized carbons (Fsp3) is 0.333. The first-order chi connectivity index (χ1) is 16.9. The lowest BCUT2D eigenvalue weighted by Gasteiger charge is -2.18. The van der Waals surface area contributed by atoms with Gasteiger partial charge in [0, 0.05) is 12.6 Å². The molecule has 1 aliphatic rings. The van der Waals surface area contributed by atoms with Gasteiger partial charge in [-0.3, -0.25) is 9.79 Å². The Morgan fingerprint density at radius 2 is 1.75 bits per heavy atom. The van der Waals surface area contributed by atoms with E-state index in [2.05, 4.69) is 10.3 Å². The van der Waals surface area contributed by atoms with Gasteiger partial charge in [0.25, 0.3) is 5.24 Å². The fourth-order valence-electron chi connectivity index (χ4n) is 3.22. The summed E-state index contributed by atoms with van der Waals surface area (Å²) in [5.41, 5.74) is -2.64. The molecule has 0 saturated carbocycles. The van der Waals surface area contributed by atoms with E-state index in [-0.39, 0.29) is 22.8 Å². The number of halogens is 6. The van der Waals surface area contributed by atoms with Crippen molar-refractivity contribution in [2.45, 2.75) is 38.7 Å². The van der Waals surface area contributed by atoms with Gasteiger partial charge >= 0.3 is 12.4 Å². The summed E-state index contributed by atoms with van der Waals surface area (Å²) in [6, 6.07) is 6.13. The van der Waals surface area contributed by atoms with Crippen LogP contribution in [0, 0.1) is 0 Å². The van der Waals surface area contributed by atoms with Gasteiger partial charge in [0.1, 0.15) is 12.4 Å². The molecule has 5 nitrogen and oxygen atoms in total. The Morgan fingerprint density at radius 1 is 1.00 bits per heavy atom. The third-order valence-electron chi connectivity index (χ3n) is 5.03. The summed E-state index contributed by atoms with van der Waals surface area (Å²) in [6.45, 7) is 1.65. The van der Waals surface area contributed by atoms with Gasteiger partial charge in [-0.25, -0.2) is 0 Å². The molecule has 1 aliphatic heterocycles. The van der Waals surface area contributed by atoms with Gasteiger partial charge in [-0.15, -0.1) is 0 Å². The van der Waals surface area contributed by atoms with E-state index in [1.807, 2.05) is 6.92 Å². The van der Waals surface area contributed by atoms with Crippen LogP contribution in [0.2, 0.25) is 0 Å². The predicted molar refractivity (Wildman–Crippen MR) is 125 cm³/mol. The first-order valence-corrected chi connectivity index (χ1v) is 11.6. The molecule has 0 spiro atoms. The van der Waals surface area contributed by atoms with Crippen LogP contribution in [0.15, 0.2) is 46.3 Å². The van der Waals surface area contributed by atoms with Gasteiger partial charge in [-0.05, 0) is 54.1 Å². The number of hydrogen-bond donors (Lipinski definition) is 1. The molecule has 1 amide bonds. The van der Waals surface area contributed by atoms with Crippen LogP contribution < -0.4 is 14.8 Å². The molecule has 0 radical (unpaired) electrons. The summed E-state index contributed by atoms with van der Waals surface area (Å²) in [4.78, 5) is 16.2. The maximum atomic E-state index is 13.5. The molecule has 12 heteroatoms. The van der Waals surface area contributed by atoms with E-state index in [1.54, 1.807) is 18.2 Å². The largest absolute Gasteiger partial charge is 0.490 e. The second kappa shape index (κ2) is 11.3. The predicted octanol–water partition coefficient (Wildman–Crippen LogP) is 7.31. The topological polar surface area (TPSA) is 59.9 Å². The van der Waals surface area contributed by atoms with Crippen LogP contribution in [0.4, 0.5) is 31.1 Å². The molecule has 0 aromatic heterocycles. The average Bonchev–Trinajstić information content (AvgIpc) is 3.16. The number of aliphatic imine (C=N–C) groups is 1. The molecule has 3 rings (SSSR count). The third kappa shape index (κ3) is 6.96. The molecule has 1 saturated heterocycles. The van der Waals surface area contributed by atoms with Crippen LogP contribution in [0.3, 0.4) is 0 Å². The molecular weight excluding hydrogens is 510 g/mol. The number of hydrogen-bond acceptors (Lipinski definition) is 5. The maximum absolute atomic E-state index is 13.5. The Morgan fingerprint density at radius 3 is 2.39 bits per heavy atom. The number of amidine groups is 1. The summed E-state index contributed by atoms with van der Waals surface area (Å²) >= 11 is 0.960. The molecule has 2 aromatic rings. The van der Waals surface area contributed by atoms with E-state index in [0.29, 0.717) is 35.4 Å². The van der Waals surface area contributed by atoms with Crippen LogP contribution in [0.25, 0.3) is 6.08 Å². The molecular formula is C24H22F6N2O3S. The lowest BCUT2D eigenvalue weighted by Crippen LogP contribution is -2.18. The number of carbonyl (C=O) groups excluding carboxylic acids is 1. The molecule has 0 bridgehead atoms. The van der Waals surface area contributed by atoms with Crippen molar-refractivity contribution in [1.29, 1.82) is 0 Å². The highest BCUT2D eigenvalue weighted by Gasteiger charge is 2.38. The monoisotopic (exact) mass is 532 g/mol. The van der Waals surface area contributed by atoms with Crippen LogP contribution in [-0.2, 0) is 19.0 Å². The zero-order chi connectivity index (χ0) is 26.5. The minimum Gasteiger partial charge on any atom is -0.490 e. The number of nitrogens with one attached hydrogen (secondary N) is 1. The van der Waals surface area contributed by atoms with Gasteiger partial charge < -0.3 is 14.8 Å². The van der Waals surface area contributed by atoms with Crippen molar-refractivity contribution in [1.82, 2.24) is 5.32 Å². The van der Waals surface area contributed by atoms with Crippen LogP contribution in [-0.4, -0.2) is 24.7 Å². The molecule has 1 N–H and O–H groups in total. The smallest absolute Gasteiger partial charge is 0.416 e. The number of ether oxygens (including phenoxy) is 2. The molecule has 194 valence electrons. The number of unbranched alkanes of at least 4 members (excludes halogenated alkanes) is 1. The zero-order valence-electron chi connectivity index (χ0n) is 19.2. The second-order valence-corrected chi connectivity index (χ2v) is 8.67. The van der Waals surface area contributed by atoms with Gasteiger partial charge in [0.05, 0.1) is 22.6 Å². The van der Waals surface area contributed by atoms with Crippen molar-refractivity contribution in [2.24, 2.45) is 4.99 Å². The van der Waals surface area contributed by atoms with E-state index in [9.17, 15) is 31.1 Å². The molecule has 0 aliphatic carbocycles. The van der Waals surface area contributed by atoms with Crippen molar-refractivity contribution in [3.05, 3.63) is 63.6 Å². The SMILES string of the molecule is CCCCOc1cc(C=C2SC(=O)NC2=NC)ccc1OCc1ccc(C(F)(F)F)cc1C(F)(F)F. The first-order valence-electron chi connectivity index (χ1n) is 10.8. The summed E-state index contributed by atoms with van der Waals surface area (Å²) in [5.74, 6) is 0.773. The molecule has 0 atom stereocenters. The number of thioether (sulfide) groups is 1. The lowest BCUT2D eigenvalue weighted by molar-refractivity contribution is -0.143. The third-order valence-corrected chi connectivity index (χ3v) is 5.85. The second-order valence-electron chi connectivity index (χ2n) is 7.66. The highest BCUT2D eigenvalue weighted by Crippen LogP contribution is 2.38. The minimum atomic E-state index is -5.00. The van der Waals surface area contributed by atoms with E-state index in [0.717, 1.165) is 24.2 Å². The summed E-state index contributed by atoms with van der Waals surface area (Å²) in [5, 5.41) is 2.32. The zero-order valence-corrected chi connectivity index (χ0v) is 20.0. The van der Waals surface area contributed by atoms with Gasteiger partial charge in [-0.1, -0.05) is 25.5 Å². The number of amides is 1. The Kier molecular flexibility index (Phi) is 8.59. The van der Waals surface area contributed by atoms with Crippen molar-refractivity contribution < 1.29 is 40.6 Å². The quantitative estimate of drug-likeness (QED) is 0.286. The average molecular weight is 533 g/mol. The maximum Gasteiger partial charge on any atom is 0.416 e. The van der Waals surface area contributed by atoms with Crippen LogP contribution >= 0.6 is 11.8 Å². The Bertz CT molecular complexity index is 1180. The van der Waals surface area contributed by atoms with Gasteiger partial charge in [0.2, 0.25) is 0 Å². The summed E-state index contributed by atoms with van der Waals surface area (Å²) in [7, 11) is 1.53. The molecule has 36 heavy (non-hydrogen) atoms.